The van der Waals surface area contributed by atoms with E-state index in [1.54, 1.807) is 6.92 Å². The molecule has 0 radical (unpaired) electrons. The number of hydrogen-bond acceptors (Lipinski definition) is 6. The molecule has 0 fully saturated rings. The van der Waals surface area contributed by atoms with Gasteiger partial charge in [-0.15, -0.1) is 11.3 Å². The SMILES string of the molecule is CCOc1ccccc1-c1csc(NC(=O)c2oc3c(c2C)C(=O)CCC3)n1. The van der Waals surface area contributed by atoms with Gasteiger partial charge in [0.1, 0.15) is 11.5 Å². The van der Waals surface area contributed by atoms with E-state index in [2.05, 4.69) is 10.3 Å². The number of nitrogens with zero attached hydrogens (tertiary/aromatic N) is 1. The highest BCUT2D eigenvalue weighted by molar-refractivity contribution is 7.14. The smallest absolute Gasteiger partial charge is 0.293 e. The first-order valence-corrected chi connectivity index (χ1v) is 10.1. The van der Waals surface area contributed by atoms with E-state index in [1.165, 1.54) is 11.3 Å². The summed E-state index contributed by atoms with van der Waals surface area (Å²) in [6.45, 7) is 4.25. The number of aryl methyl sites for hydroxylation is 1. The lowest BCUT2D eigenvalue weighted by molar-refractivity contribution is 0.0963. The van der Waals surface area contributed by atoms with Gasteiger partial charge in [-0.05, 0) is 32.4 Å². The summed E-state index contributed by atoms with van der Waals surface area (Å²) in [6, 6.07) is 7.65. The van der Waals surface area contributed by atoms with E-state index in [0.717, 1.165) is 23.4 Å². The van der Waals surface area contributed by atoms with Crippen molar-refractivity contribution in [3.05, 3.63) is 52.3 Å². The topological polar surface area (TPSA) is 81.4 Å². The number of amides is 1. The average Bonchev–Trinajstić information content (AvgIpc) is 3.28. The lowest BCUT2D eigenvalue weighted by Crippen LogP contribution is -2.13. The van der Waals surface area contributed by atoms with Crippen LogP contribution in [0.3, 0.4) is 0 Å². The molecule has 1 aromatic carbocycles. The zero-order valence-electron chi connectivity index (χ0n) is 15.7. The van der Waals surface area contributed by atoms with Crippen molar-refractivity contribution >= 4 is 28.2 Å². The highest BCUT2D eigenvalue weighted by Gasteiger charge is 2.29. The Morgan fingerprint density at radius 2 is 2.14 bits per heavy atom. The molecule has 2 heterocycles. The van der Waals surface area contributed by atoms with Crippen LogP contribution in [0, 0.1) is 6.92 Å². The third-order valence-corrected chi connectivity index (χ3v) is 5.46. The Hall–Kier alpha value is -2.93. The second kappa shape index (κ2) is 7.59. The lowest BCUT2D eigenvalue weighted by Gasteiger charge is -2.07. The van der Waals surface area contributed by atoms with E-state index in [0.29, 0.717) is 41.5 Å². The number of Topliss-reactive ketones (excluding diaryl/α,β-unsaturated/α-hetero) is 1. The van der Waals surface area contributed by atoms with E-state index in [1.807, 2.05) is 36.6 Å². The molecule has 6 nitrogen and oxygen atoms in total. The number of rotatable bonds is 5. The fourth-order valence-corrected chi connectivity index (χ4v) is 4.14. The maximum Gasteiger partial charge on any atom is 0.293 e. The predicted molar refractivity (Wildman–Crippen MR) is 107 cm³/mol. The summed E-state index contributed by atoms with van der Waals surface area (Å²) >= 11 is 1.33. The van der Waals surface area contributed by atoms with Crippen molar-refractivity contribution in [1.29, 1.82) is 0 Å². The van der Waals surface area contributed by atoms with Gasteiger partial charge in [-0.2, -0.15) is 0 Å². The molecule has 28 heavy (non-hydrogen) atoms. The van der Waals surface area contributed by atoms with Gasteiger partial charge in [0.15, 0.2) is 16.7 Å². The number of nitrogens with one attached hydrogen (secondary N) is 1. The van der Waals surface area contributed by atoms with Gasteiger partial charge in [0.05, 0.1) is 17.9 Å². The zero-order valence-corrected chi connectivity index (χ0v) is 16.5. The minimum absolute atomic E-state index is 0.0469. The quantitative estimate of drug-likeness (QED) is 0.665. The fourth-order valence-electron chi connectivity index (χ4n) is 3.43. The lowest BCUT2D eigenvalue weighted by atomic mass is 9.94. The number of para-hydroxylation sites is 1. The molecule has 3 aromatic rings. The standard InChI is InChI=1S/C21H20N2O4S/c1-3-26-16-9-5-4-7-13(16)14-11-28-21(22-14)23-20(25)19-12(2)18-15(24)8-6-10-17(18)27-19/h4-5,7,9,11H,3,6,8,10H2,1-2H3,(H,22,23,25). The van der Waals surface area contributed by atoms with Crippen molar-refractivity contribution < 1.29 is 18.7 Å². The molecule has 4 rings (SSSR count). The number of ketones is 1. The van der Waals surface area contributed by atoms with E-state index in [9.17, 15) is 9.59 Å². The van der Waals surface area contributed by atoms with Crippen LogP contribution in [0.25, 0.3) is 11.3 Å². The second-order valence-corrected chi connectivity index (χ2v) is 7.41. The Morgan fingerprint density at radius 3 is 2.93 bits per heavy atom. The molecule has 0 spiro atoms. The summed E-state index contributed by atoms with van der Waals surface area (Å²) in [7, 11) is 0. The van der Waals surface area contributed by atoms with Crippen LogP contribution in [0.4, 0.5) is 5.13 Å². The molecule has 144 valence electrons. The maximum absolute atomic E-state index is 12.7. The van der Waals surface area contributed by atoms with Crippen molar-refractivity contribution in [2.45, 2.75) is 33.1 Å². The Kier molecular flexibility index (Phi) is 5.00. The number of fused-ring (bicyclic) bond motifs is 1. The molecular weight excluding hydrogens is 376 g/mol. The van der Waals surface area contributed by atoms with Crippen LogP contribution in [0.5, 0.6) is 5.75 Å². The molecule has 1 aliphatic rings. The molecule has 0 atom stereocenters. The first kappa shape index (κ1) is 18.4. The first-order valence-electron chi connectivity index (χ1n) is 9.23. The van der Waals surface area contributed by atoms with Gasteiger partial charge in [-0.25, -0.2) is 4.98 Å². The molecule has 1 aliphatic carbocycles. The molecule has 0 aliphatic heterocycles. The Morgan fingerprint density at radius 1 is 1.32 bits per heavy atom. The van der Waals surface area contributed by atoms with Crippen molar-refractivity contribution in [3.63, 3.8) is 0 Å². The number of carbonyl (C=O) groups excluding carboxylic acids is 2. The van der Waals surface area contributed by atoms with Crippen molar-refractivity contribution in [2.75, 3.05) is 11.9 Å². The minimum atomic E-state index is -0.390. The molecular formula is C21H20N2O4S. The summed E-state index contributed by atoms with van der Waals surface area (Å²) in [6.07, 6.45) is 1.95. The Labute approximate surface area is 166 Å². The summed E-state index contributed by atoms with van der Waals surface area (Å²) in [5.41, 5.74) is 2.78. The van der Waals surface area contributed by atoms with Gasteiger partial charge in [-0.1, -0.05) is 12.1 Å². The second-order valence-electron chi connectivity index (χ2n) is 6.55. The zero-order chi connectivity index (χ0) is 19.7. The van der Waals surface area contributed by atoms with Crippen LogP contribution in [-0.2, 0) is 6.42 Å². The number of ether oxygens (including phenoxy) is 1. The molecule has 1 amide bonds. The number of anilines is 1. The summed E-state index contributed by atoms with van der Waals surface area (Å²) < 4.78 is 11.4. The molecule has 0 saturated heterocycles. The Bertz CT molecular complexity index is 1050. The third-order valence-electron chi connectivity index (χ3n) is 4.70. The van der Waals surface area contributed by atoms with Crippen molar-refractivity contribution in [3.8, 4) is 17.0 Å². The number of aromatic nitrogens is 1. The van der Waals surface area contributed by atoms with E-state index >= 15 is 0 Å². The summed E-state index contributed by atoms with van der Waals surface area (Å²) in [5.74, 6) is 1.21. The summed E-state index contributed by atoms with van der Waals surface area (Å²) in [5, 5.41) is 5.12. The van der Waals surface area contributed by atoms with E-state index in [-0.39, 0.29) is 11.5 Å². The molecule has 2 aromatic heterocycles. The third kappa shape index (κ3) is 3.33. The van der Waals surface area contributed by atoms with E-state index < -0.39 is 5.91 Å². The predicted octanol–water partition coefficient (Wildman–Crippen LogP) is 4.88. The van der Waals surface area contributed by atoms with Crippen LogP contribution in [-0.4, -0.2) is 23.3 Å². The number of carbonyl (C=O) groups is 2. The van der Waals surface area contributed by atoms with Gasteiger partial charge in [0.25, 0.3) is 5.91 Å². The molecule has 7 heteroatoms. The monoisotopic (exact) mass is 396 g/mol. The van der Waals surface area contributed by atoms with Crippen molar-refractivity contribution in [1.82, 2.24) is 4.98 Å². The molecule has 0 saturated carbocycles. The molecule has 1 N–H and O–H groups in total. The van der Waals surface area contributed by atoms with E-state index in [4.69, 9.17) is 9.15 Å². The number of furan rings is 1. The average molecular weight is 396 g/mol. The number of hydrogen-bond donors (Lipinski definition) is 1. The number of thiazole rings is 1. The van der Waals surface area contributed by atoms with Crippen LogP contribution >= 0.6 is 11.3 Å². The largest absolute Gasteiger partial charge is 0.493 e. The molecule has 0 bridgehead atoms. The van der Waals surface area contributed by atoms with Crippen LogP contribution < -0.4 is 10.1 Å². The summed E-state index contributed by atoms with van der Waals surface area (Å²) in [4.78, 5) is 29.3. The normalized spacial score (nSPS) is 13.3. The molecule has 0 unspecified atom stereocenters. The highest BCUT2D eigenvalue weighted by Crippen LogP contribution is 2.33. The minimum Gasteiger partial charge on any atom is -0.493 e. The fraction of sp³-hybridized carbons (Fsp3) is 0.286. The van der Waals surface area contributed by atoms with Gasteiger partial charge < -0.3 is 9.15 Å². The van der Waals surface area contributed by atoms with Gasteiger partial charge in [-0.3, -0.25) is 14.9 Å². The van der Waals surface area contributed by atoms with Crippen LogP contribution in [0.1, 0.15) is 52.0 Å². The number of benzene rings is 1. The highest BCUT2D eigenvalue weighted by atomic mass is 32.1. The first-order chi connectivity index (χ1) is 13.6. The Balaban J connectivity index is 1.57. The van der Waals surface area contributed by atoms with Gasteiger partial charge in [0.2, 0.25) is 0 Å². The van der Waals surface area contributed by atoms with Crippen LogP contribution in [0.2, 0.25) is 0 Å². The van der Waals surface area contributed by atoms with Gasteiger partial charge in [0, 0.05) is 29.3 Å². The van der Waals surface area contributed by atoms with Crippen molar-refractivity contribution in [2.24, 2.45) is 0 Å². The maximum atomic E-state index is 12.7. The van der Waals surface area contributed by atoms with Gasteiger partial charge >= 0.3 is 0 Å². The van der Waals surface area contributed by atoms with Crippen LogP contribution in [0.15, 0.2) is 34.1 Å².